The smallest absolute Gasteiger partial charge is 0.409 e. The van der Waals surface area contributed by atoms with Crippen molar-refractivity contribution in [3.63, 3.8) is 0 Å². The van der Waals surface area contributed by atoms with E-state index in [1.165, 1.54) is 0 Å². The number of amides is 1. The highest BCUT2D eigenvalue weighted by molar-refractivity contribution is 6.30. The summed E-state index contributed by atoms with van der Waals surface area (Å²) in [6.07, 6.45) is -1.08. The summed E-state index contributed by atoms with van der Waals surface area (Å²) in [7, 11) is 0. The molecule has 0 unspecified atom stereocenters. The van der Waals surface area contributed by atoms with E-state index in [0.717, 1.165) is 16.7 Å². The zero-order chi connectivity index (χ0) is 13.1. The largest absolute Gasteiger partial charge is 0.465 e. The maximum absolute atomic E-state index is 10.8. The molecule has 0 heterocycles. The molecular weight excluding hydrogens is 250 g/mol. The van der Waals surface area contributed by atoms with Crippen LogP contribution in [-0.2, 0) is 0 Å². The van der Waals surface area contributed by atoms with Crippen LogP contribution in [-0.4, -0.2) is 11.2 Å². The number of aryl methyl sites for hydroxylation is 1. The van der Waals surface area contributed by atoms with Crippen molar-refractivity contribution in [1.29, 1.82) is 0 Å². The van der Waals surface area contributed by atoms with E-state index in [1.54, 1.807) is 6.07 Å². The predicted molar refractivity (Wildman–Crippen MR) is 73.3 cm³/mol. The molecule has 0 saturated carbocycles. The first-order valence-electron chi connectivity index (χ1n) is 5.43. The summed E-state index contributed by atoms with van der Waals surface area (Å²) in [5, 5.41) is 11.9. The lowest BCUT2D eigenvalue weighted by Crippen LogP contribution is -2.09. The lowest BCUT2D eigenvalue weighted by molar-refractivity contribution is 0.209. The molecule has 2 aromatic rings. The highest BCUT2D eigenvalue weighted by Gasteiger charge is 2.10. The van der Waals surface area contributed by atoms with Crippen molar-refractivity contribution >= 4 is 23.4 Å². The Morgan fingerprint density at radius 2 is 1.94 bits per heavy atom. The Balaban J connectivity index is 2.56. The molecule has 0 bridgehead atoms. The van der Waals surface area contributed by atoms with Crippen LogP contribution in [0.3, 0.4) is 0 Å². The van der Waals surface area contributed by atoms with E-state index in [2.05, 4.69) is 5.32 Å². The molecule has 4 heteroatoms. The molecule has 0 radical (unpaired) electrons. The lowest BCUT2D eigenvalue weighted by Gasteiger charge is -2.12. The van der Waals surface area contributed by atoms with Crippen molar-refractivity contribution in [3.05, 3.63) is 53.1 Å². The van der Waals surface area contributed by atoms with Crippen molar-refractivity contribution in [1.82, 2.24) is 0 Å². The minimum Gasteiger partial charge on any atom is -0.465 e. The fourth-order valence-corrected chi connectivity index (χ4v) is 2.03. The molecule has 0 atom stereocenters. The predicted octanol–water partition coefficient (Wildman–Crippen LogP) is 4.41. The average Bonchev–Trinajstić information content (AvgIpc) is 2.31. The van der Waals surface area contributed by atoms with Crippen LogP contribution in [0.1, 0.15) is 5.56 Å². The third-order valence-corrected chi connectivity index (χ3v) is 2.88. The molecule has 92 valence electrons. The van der Waals surface area contributed by atoms with Crippen molar-refractivity contribution in [2.24, 2.45) is 0 Å². The van der Waals surface area contributed by atoms with Crippen molar-refractivity contribution < 1.29 is 9.90 Å². The van der Waals surface area contributed by atoms with Gasteiger partial charge in [0.25, 0.3) is 0 Å². The second kappa shape index (κ2) is 5.10. The third kappa shape index (κ3) is 2.63. The topological polar surface area (TPSA) is 49.3 Å². The molecule has 0 fully saturated rings. The molecule has 2 aromatic carbocycles. The van der Waals surface area contributed by atoms with Gasteiger partial charge in [0.2, 0.25) is 0 Å². The van der Waals surface area contributed by atoms with Crippen LogP contribution in [0.2, 0.25) is 5.02 Å². The van der Waals surface area contributed by atoms with E-state index in [4.69, 9.17) is 16.7 Å². The monoisotopic (exact) mass is 261 g/mol. The second-order valence-corrected chi connectivity index (χ2v) is 4.37. The standard InChI is InChI=1S/C14H12ClNO2/c1-9-4-2-7-12(13(9)16-14(17)18)10-5-3-6-11(15)8-10/h2-8,16H,1H3,(H,17,18). The van der Waals surface area contributed by atoms with Crippen LogP contribution in [0.15, 0.2) is 42.5 Å². The Labute approximate surface area is 110 Å². The van der Waals surface area contributed by atoms with E-state index >= 15 is 0 Å². The molecule has 0 aliphatic rings. The summed E-state index contributed by atoms with van der Waals surface area (Å²) >= 11 is 5.96. The van der Waals surface area contributed by atoms with Crippen LogP contribution >= 0.6 is 11.6 Å². The fourth-order valence-electron chi connectivity index (χ4n) is 1.84. The van der Waals surface area contributed by atoms with E-state index in [9.17, 15) is 4.79 Å². The summed E-state index contributed by atoms with van der Waals surface area (Å²) in [5.41, 5.74) is 3.16. The van der Waals surface area contributed by atoms with Crippen LogP contribution in [0.4, 0.5) is 10.5 Å². The van der Waals surface area contributed by atoms with E-state index < -0.39 is 6.09 Å². The van der Waals surface area contributed by atoms with Gasteiger partial charge in [0.15, 0.2) is 0 Å². The van der Waals surface area contributed by atoms with Gasteiger partial charge in [-0.25, -0.2) is 4.79 Å². The van der Waals surface area contributed by atoms with Gasteiger partial charge in [-0.2, -0.15) is 0 Å². The SMILES string of the molecule is Cc1cccc(-c2cccc(Cl)c2)c1NC(=O)O. The van der Waals surface area contributed by atoms with Crippen LogP contribution in [0, 0.1) is 6.92 Å². The molecule has 3 nitrogen and oxygen atoms in total. The number of nitrogens with one attached hydrogen (secondary N) is 1. The zero-order valence-corrected chi connectivity index (χ0v) is 10.5. The third-order valence-electron chi connectivity index (χ3n) is 2.64. The number of para-hydroxylation sites is 1. The fraction of sp³-hybridized carbons (Fsp3) is 0.0714. The number of carboxylic acid groups (broad SMARTS) is 1. The number of hydrogen-bond donors (Lipinski definition) is 2. The normalized spacial score (nSPS) is 10.1. The van der Waals surface area contributed by atoms with Gasteiger partial charge in [0.05, 0.1) is 5.69 Å². The Morgan fingerprint density at radius 1 is 1.22 bits per heavy atom. The number of anilines is 1. The highest BCUT2D eigenvalue weighted by atomic mass is 35.5. The molecular formula is C14H12ClNO2. The Bertz CT molecular complexity index is 596. The van der Waals surface area contributed by atoms with Gasteiger partial charge < -0.3 is 5.11 Å². The first-order chi connectivity index (χ1) is 8.58. The number of halogens is 1. The lowest BCUT2D eigenvalue weighted by atomic mass is 10.0. The van der Waals surface area contributed by atoms with Gasteiger partial charge in [0.1, 0.15) is 0 Å². The van der Waals surface area contributed by atoms with Crippen LogP contribution < -0.4 is 5.32 Å². The van der Waals surface area contributed by atoms with Gasteiger partial charge in [-0.1, -0.05) is 41.9 Å². The Morgan fingerprint density at radius 3 is 2.61 bits per heavy atom. The Hall–Kier alpha value is -2.00. The highest BCUT2D eigenvalue weighted by Crippen LogP contribution is 2.32. The number of hydrogen-bond acceptors (Lipinski definition) is 1. The minimum absolute atomic E-state index is 0.590. The molecule has 1 amide bonds. The minimum atomic E-state index is -1.08. The summed E-state index contributed by atoms with van der Waals surface area (Å²) in [4.78, 5) is 10.8. The Kier molecular flexibility index (Phi) is 3.53. The summed E-state index contributed by atoms with van der Waals surface area (Å²) in [6, 6.07) is 12.9. The summed E-state index contributed by atoms with van der Waals surface area (Å²) < 4.78 is 0. The molecule has 2 rings (SSSR count). The number of carbonyl (C=O) groups is 1. The molecule has 0 aliphatic carbocycles. The van der Waals surface area contributed by atoms with Gasteiger partial charge in [-0.05, 0) is 30.2 Å². The number of benzene rings is 2. The molecule has 0 saturated heterocycles. The van der Waals surface area contributed by atoms with E-state index in [1.807, 2.05) is 43.3 Å². The van der Waals surface area contributed by atoms with Gasteiger partial charge in [0, 0.05) is 10.6 Å². The van der Waals surface area contributed by atoms with Crippen LogP contribution in [0.25, 0.3) is 11.1 Å². The molecule has 0 spiro atoms. The quantitative estimate of drug-likeness (QED) is 0.841. The molecule has 0 aliphatic heterocycles. The van der Waals surface area contributed by atoms with Crippen molar-refractivity contribution in [3.8, 4) is 11.1 Å². The van der Waals surface area contributed by atoms with Crippen molar-refractivity contribution in [2.45, 2.75) is 6.92 Å². The zero-order valence-electron chi connectivity index (χ0n) is 9.77. The van der Waals surface area contributed by atoms with E-state index in [-0.39, 0.29) is 0 Å². The van der Waals surface area contributed by atoms with E-state index in [0.29, 0.717) is 10.7 Å². The molecule has 2 N–H and O–H groups in total. The van der Waals surface area contributed by atoms with Gasteiger partial charge in [-0.15, -0.1) is 0 Å². The molecule has 18 heavy (non-hydrogen) atoms. The first-order valence-corrected chi connectivity index (χ1v) is 5.81. The molecule has 0 aromatic heterocycles. The maximum atomic E-state index is 10.8. The van der Waals surface area contributed by atoms with Gasteiger partial charge in [-0.3, -0.25) is 5.32 Å². The average molecular weight is 262 g/mol. The van der Waals surface area contributed by atoms with Gasteiger partial charge >= 0.3 is 6.09 Å². The summed E-state index contributed by atoms with van der Waals surface area (Å²) in [6.45, 7) is 1.86. The summed E-state index contributed by atoms with van der Waals surface area (Å²) in [5.74, 6) is 0. The number of rotatable bonds is 2. The second-order valence-electron chi connectivity index (χ2n) is 3.94. The van der Waals surface area contributed by atoms with Crippen molar-refractivity contribution in [2.75, 3.05) is 5.32 Å². The first kappa shape index (κ1) is 12.5. The maximum Gasteiger partial charge on any atom is 0.409 e. The van der Waals surface area contributed by atoms with Crippen LogP contribution in [0.5, 0.6) is 0 Å².